The van der Waals surface area contributed by atoms with Crippen LogP contribution in [0.5, 0.6) is 5.75 Å². The van der Waals surface area contributed by atoms with Crippen molar-refractivity contribution in [2.45, 2.75) is 6.42 Å². The van der Waals surface area contributed by atoms with Gasteiger partial charge in [-0.2, -0.15) is 5.10 Å². The van der Waals surface area contributed by atoms with Gasteiger partial charge >= 0.3 is 0 Å². The number of hydrogen-bond acceptors (Lipinski definition) is 3. The van der Waals surface area contributed by atoms with E-state index in [0.29, 0.717) is 18.7 Å². The maximum Gasteiger partial charge on any atom is 0.167 e. The van der Waals surface area contributed by atoms with Gasteiger partial charge in [0.15, 0.2) is 11.6 Å². The summed E-state index contributed by atoms with van der Waals surface area (Å²) in [4.78, 5) is 0. The van der Waals surface area contributed by atoms with Gasteiger partial charge in [0.25, 0.3) is 0 Å². The minimum absolute atomic E-state index is 0.225. The first-order chi connectivity index (χ1) is 8.15. The average molecular weight is 235 g/mol. The molecule has 0 unspecified atom stereocenters. The Labute approximate surface area is 98.8 Å². The van der Waals surface area contributed by atoms with E-state index in [1.807, 2.05) is 13.2 Å². The van der Waals surface area contributed by atoms with Crippen LogP contribution in [0.4, 0.5) is 10.1 Å². The first-order valence-electron chi connectivity index (χ1n) is 5.30. The number of aromatic nitrogens is 2. The minimum atomic E-state index is -0.434. The molecule has 2 aromatic rings. The number of hydrogen-bond donors (Lipinski definition) is 1. The molecule has 0 aliphatic heterocycles. The number of halogens is 1. The second-order valence-corrected chi connectivity index (χ2v) is 3.81. The fourth-order valence-electron chi connectivity index (χ4n) is 1.51. The predicted molar refractivity (Wildman–Crippen MR) is 63.2 cm³/mol. The van der Waals surface area contributed by atoms with Crippen LogP contribution in [0, 0.1) is 5.82 Å². The quantitative estimate of drug-likeness (QED) is 0.821. The number of nitrogens with zero attached hydrogens (tertiary/aromatic N) is 2. The third kappa shape index (κ3) is 2.96. The molecule has 1 aromatic heterocycles. The van der Waals surface area contributed by atoms with Crippen LogP contribution in [-0.4, -0.2) is 16.4 Å². The lowest BCUT2D eigenvalue weighted by Crippen LogP contribution is -2.02. The van der Waals surface area contributed by atoms with E-state index in [4.69, 9.17) is 10.5 Å². The zero-order chi connectivity index (χ0) is 12.3. The lowest BCUT2D eigenvalue weighted by Gasteiger charge is -2.06. The second-order valence-electron chi connectivity index (χ2n) is 3.81. The van der Waals surface area contributed by atoms with Gasteiger partial charge in [-0.1, -0.05) is 0 Å². The van der Waals surface area contributed by atoms with E-state index in [9.17, 15) is 4.39 Å². The highest BCUT2D eigenvalue weighted by atomic mass is 19.1. The molecule has 0 atom stereocenters. The van der Waals surface area contributed by atoms with Crippen LogP contribution in [0.25, 0.3) is 0 Å². The standard InChI is InChI=1S/C12H14FN3O/c1-16-8-9(7-15-16)4-5-17-12-3-2-10(14)6-11(12)13/h2-3,6-8H,4-5,14H2,1H3. The van der Waals surface area contributed by atoms with Gasteiger partial charge in [-0.05, 0) is 17.7 Å². The summed E-state index contributed by atoms with van der Waals surface area (Å²) in [6.07, 6.45) is 4.36. The molecule has 0 amide bonds. The van der Waals surface area contributed by atoms with Crippen LogP contribution in [0.3, 0.4) is 0 Å². The average Bonchev–Trinajstić information content (AvgIpc) is 2.68. The summed E-state index contributed by atoms with van der Waals surface area (Å²) in [5, 5.41) is 4.04. The van der Waals surface area contributed by atoms with Crippen LogP contribution in [0.15, 0.2) is 30.6 Å². The summed E-state index contributed by atoms with van der Waals surface area (Å²) < 4.78 is 20.4. The van der Waals surface area contributed by atoms with Crippen LogP contribution in [0.2, 0.25) is 0 Å². The van der Waals surface area contributed by atoms with Crippen molar-refractivity contribution >= 4 is 5.69 Å². The summed E-state index contributed by atoms with van der Waals surface area (Å²) in [5.41, 5.74) is 6.89. The van der Waals surface area contributed by atoms with Crippen LogP contribution >= 0.6 is 0 Å². The summed E-state index contributed by atoms with van der Waals surface area (Å²) in [6.45, 7) is 0.409. The Kier molecular flexibility index (Phi) is 3.27. The van der Waals surface area contributed by atoms with Gasteiger partial charge in [-0.15, -0.1) is 0 Å². The molecule has 2 N–H and O–H groups in total. The fourth-order valence-corrected chi connectivity index (χ4v) is 1.51. The second kappa shape index (κ2) is 4.86. The summed E-state index contributed by atoms with van der Waals surface area (Å²) >= 11 is 0. The maximum absolute atomic E-state index is 13.4. The normalized spacial score (nSPS) is 10.5. The molecule has 0 saturated heterocycles. The van der Waals surface area contributed by atoms with Crippen LogP contribution < -0.4 is 10.5 Å². The monoisotopic (exact) mass is 235 g/mol. The molecule has 0 bridgehead atoms. The fraction of sp³-hybridized carbons (Fsp3) is 0.250. The van der Waals surface area contributed by atoms with E-state index >= 15 is 0 Å². The van der Waals surface area contributed by atoms with Gasteiger partial charge in [0.1, 0.15) is 0 Å². The topological polar surface area (TPSA) is 53.1 Å². The van der Waals surface area contributed by atoms with Gasteiger partial charge in [0.05, 0.1) is 12.8 Å². The minimum Gasteiger partial charge on any atom is -0.490 e. The van der Waals surface area contributed by atoms with Gasteiger partial charge < -0.3 is 10.5 Å². The molecule has 17 heavy (non-hydrogen) atoms. The molecule has 0 spiro atoms. The van der Waals surface area contributed by atoms with Crippen molar-refractivity contribution < 1.29 is 9.13 Å². The van der Waals surface area contributed by atoms with Gasteiger partial charge in [-0.3, -0.25) is 4.68 Å². The van der Waals surface area contributed by atoms with Crippen LogP contribution in [-0.2, 0) is 13.5 Å². The highest BCUT2D eigenvalue weighted by molar-refractivity contribution is 5.42. The Hall–Kier alpha value is -2.04. The number of rotatable bonds is 4. The summed E-state index contributed by atoms with van der Waals surface area (Å²) in [6, 6.07) is 4.40. The van der Waals surface area contributed by atoms with Crippen LogP contribution in [0.1, 0.15) is 5.56 Å². The highest BCUT2D eigenvalue weighted by Gasteiger charge is 2.04. The van der Waals surface area contributed by atoms with Crippen molar-refractivity contribution in [2.24, 2.45) is 7.05 Å². The zero-order valence-electron chi connectivity index (χ0n) is 9.56. The zero-order valence-corrected chi connectivity index (χ0v) is 9.56. The summed E-state index contributed by atoms with van der Waals surface area (Å²) in [7, 11) is 1.85. The Morgan fingerprint density at radius 2 is 2.29 bits per heavy atom. The van der Waals surface area contributed by atoms with E-state index in [1.54, 1.807) is 16.9 Å². The Bertz CT molecular complexity index is 510. The van der Waals surface area contributed by atoms with E-state index in [0.717, 1.165) is 5.56 Å². The first-order valence-corrected chi connectivity index (χ1v) is 5.30. The molecule has 0 aliphatic carbocycles. The molecule has 4 nitrogen and oxygen atoms in total. The van der Waals surface area contributed by atoms with E-state index in [1.165, 1.54) is 12.1 Å². The molecular weight excluding hydrogens is 221 g/mol. The predicted octanol–water partition coefficient (Wildman–Crippen LogP) is 1.76. The van der Waals surface area contributed by atoms with E-state index in [2.05, 4.69) is 5.10 Å². The molecule has 90 valence electrons. The smallest absolute Gasteiger partial charge is 0.167 e. The first kappa shape index (κ1) is 11.4. The van der Waals surface area contributed by atoms with Crippen molar-refractivity contribution in [3.05, 3.63) is 42.0 Å². The molecular formula is C12H14FN3O. The van der Waals surface area contributed by atoms with Crippen molar-refractivity contribution in [2.75, 3.05) is 12.3 Å². The lowest BCUT2D eigenvalue weighted by atomic mass is 10.2. The number of benzene rings is 1. The highest BCUT2D eigenvalue weighted by Crippen LogP contribution is 2.19. The lowest BCUT2D eigenvalue weighted by molar-refractivity contribution is 0.305. The number of anilines is 1. The molecule has 1 heterocycles. The Morgan fingerprint density at radius 1 is 1.47 bits per heavy atom. The largest absolute Gasteiger partial charge is 0.490 e. The SMILES string of the molecule is Cn1cc(CCOc2ccc(N)cc2F)cn1. The van der Waals surface area contributed by atoms with E-state index in [-0.39, 0.29) is 5.75 Å². The summed E-state index contributed by atoms with van der Waals surface area (Å²) in [5.74, 6) is -0.209. The van der Waals surface area contributed by atoms with Crippen molar-refractivity contribution in [3.63, 3.8) is 0 Å². The van der Waals surface area contributed by atoms with Gasteiger partial charge in [0, 0.05) is 31.4 Å². The molecule has 1 aromatic carbocycles. The maximum atomic E-state index is 13.4. The molecule has 0 fully saturated rings. The third-order valence-corrected chi connectivity index (χ3v) is 2.36. The molecule has 0 radical (unpaired) electrons. The van der Waals surface area contributed by atoms with Crippen molar-refractivity contribution in [1.82, 2.24) is 9.78 Å². The molecule has 0 saturated carbocycles. The number of aryl methyl sites for hydroxylation is 1. The molecule has 5 heteroatoms. The molecule has 0 aliphatic rings. The molecule has 2 rings (SSSR count). The van der Waals surface area contributed by atoms with Crippen molar-refractivity contribution in [1.29, 1.82) is 0 Å². The van der Waals surface area contributed by atoms with Gasteiger partial charge in [-0.25, -0.2) is 4.39 Å². The van der Waals surface area contributed by atoms with Crippen molar-refractivity contribution in [3.8, 4) is 5.75 Å². The number of ether oxygens (including phenoxy) is 1. The third-order valence-electron chi connectivity index (χ3n) is 2.36. The number of nitrogen functional groups attached to an aromatic ring is 1. The van der Waals surface area contributed by atoms with Gasteiger partial charge in [0.2, 0.25) is 0 Å². The Morgan fingerprint density at radius 3 is 2.94 bits per heavy atom. The van der Waals surface area contributed by atoms with E-state index < -0.39 is 5.82 Å². The Balaban J connectivity index is 1.90. The number of nitrogens with two attached hydrogens (primary N) is 1.